The Labute approximate surface area is 143 Å². The van der Waals surface area contributed by atoms with Crippen LogP contribution < -0.4 is 0 Å². The van der Waals surface area contributed by atoms with Crippen LogP contribution in [0.5, 0.6) is 0 Å². The molecule has 0 saturated carbocycles. The summed E-state index contributed by atoms with van der Waals surface area (Å²) in [7, 11) is -4.83. The van der Waals surface area contributed by atoms with Crippen LogP contribution in [-0.2, 0) is 31.1 Å². The van der Waals surface area contributed by atoms with Crippen molar-refractivity contribution in [2.24, 2.45) is 0 Å². The number of likely N-dealkylation sites (N-methyl/N-ethyl adjacent to an activating group) is 1. The van der Waals surface area contributed by atoms with Crippen molar-refractivity contribution >= 4 is 19.9 Å². The van der Waals surface area contributed by atoms with Gasteiger partial charge >= 0.3 is 0 Å². The van der Waals surface area contributed by atoms with Crippen molar-refractivity contribution in [1.29, 1.82) is 0 Å². The van der Waals surface area contributed by atoms with E-state index in [9.17, 15) is 16.8 Å². The number of fused-ring (bicyclic) bond motifs is 1. The molecule has 2 saturated heterocycles. The van der Waals surface area contributed by atoms with Gasteiger partial charge in [0.1, 0.15) is 0 Å². The zero-order chi connectivity index (χ0) is 17.5. The fourth-order valence-electron chi connectivity index (χ4n) is 3.23. The lowest BCUT2D eigenvalue weighted by Crippen LogP contribution is -2.43. The van der Waals surface area contributed by atoms with E-state index in [2.05, 4.69) is 4.90 Å². The Kier molecular flexibility index (Phi) is 4.73. The Morgan fingerprint density at radius 1 is 1.21 bits per heavy atom. The average molecular weight is 374 g/mol. The first-order valence-electron chi connectivity index (χ1n) is 7.75. The maximum atomic E-state index is 12.1. The SMILES string of the molecule is CN1[C@@H]2CN(Cc3ccc(S(C)(=O)=O)cc3)C[C@@H]2OCCS1(=O)=O. The molecule has 0 N–H and O–H groups in total. The first-order chi connectivity index (χ1) is 11.2. The monoisotopic (exact) mass is 374 g/mol. The molecule has 1 aromatic carbocycles. The fourth-order valence-corrected chi connectivity index (χ4v) is 5.07. The lowest BCUT2D eigenvalue weighted by atomic mass is 10.2. The van der Waals surface area contributed by atoms with E-state index in [-0.39, 0.29) is 24.5 Å². The van der Waals surface area contributed by atoms with Crippen molar-refractivity contribution in [3.63, 3.8) is 0 Å². The van der Waals surface area contributed by atoms with Crippen molar-refractivity contribution in [1.82, 2.24) is 9.21 Å². The Balaban J connectivity index is 1.70. The second-order valence-electron chi connectivity index (χ2n) is 6.42. The van der Waals surface area contributed by atoms with Gasteiger partial charge in [-0.25, -0.2) is 16.8 Å². The number of sulfone groups is 1. The van der Waals surface area contributed by atoms with Gasteiger partial charge in [0.2, 0.25) is 10.0 Å². The van der Waals surface area contributed by atoms with Crippen molar-refractivity contribution in [2.75, 3.05) is 38.8 Å². The molecule has 0 unspecified atom stereocenters. The van der Waals surface area contributed by atoms with Gasteiger partial charge in [-0.15, -0.1) is 0 Å². The van der Waals surface area contributed by atoms with E-state index in [1.165, 1.54) is 10.6 Å². The zero-order valence-electron chi connectivity index (χ0n) is 13.8. The molecule has 24 heavy (non-hydrogen) atoms. The summed E-state index contributed by atoms with van der Waals surface area (Å²) < 4.78 is 54.4. The second-order valence-corrected chi connectivity index (χ2v) is 10.6. The van der Waals surface area contributed by atoms with Crippen molar-refractivity contribution < 1.29 is 21.6 Å². The van der Waals surface area contributed by atoms with Crippen LogP contribution in [0.2, 0.25) is 0 Å². The Hall–Kier alpha value is -1.00. The molecule has 3 rings (SSSR count). The quantitative estimate of drug-likeness (QED) is 0.737. The Morgan fingerprint density at radius 3 is 2.50 bits per heavy atom. The standard InChI is InChI=1S/C15H22N2O5S2/c1-16-14-10-17(11-15(14)22-7-8-24(16,20)21)9-12-3-5-13(6-4-12)23(2,18)19/h3-6,14-15H,7-11H2,1-2H3/t14-,15+/m1/s1. The average Bonchev–Trinajstić information content (AvgIpc) is 2.84. The van der Waals surface area contributed by atoms with Crippen LogP contribution in [0.4, 0.5) is 0 Å². The Bertz CT molecular complexity index is 805. The highest BCUT2D eigenvalue weighted by Gasteiger charge is 2.42. The number of likely N-dealkylation sites (tertiary alicyclic amines) is 1. The van der Waals surface area contributed by atoms with E-state index in [0.717, 1.165) is 5.56 Å². The van der Waals surface area contributed by atoms with Crippen LogP contribution in [0.3, 0.4) is 0 Å². The van der Waals surface area contributed by atoms with Crippen LogP contribution in [-0.4, -0.2) is 76.9 Å². The molecule has 0 aliphatic carbocycles. The highest BCUT2D eigenvalue weighted by Crippen LogP contribution is 2.25. The molecule has 0 bridgehead atoms. The molecule has 0 radical (unpaired) electrons. The predicted molar refractivity (Wildman–Crippen MR) is 89.9 cm³/mol. The van der Waals surface area contributed by atoms with Crippen molar-refractivity contribution in [3.05, 3.63) is 29.8 Å². The van der Waals surface area contributed by atoms with E-state index >= 15 is 0 Å². The highest BCUT2D eigenvalue weighted by atomic mass is 32.2. The third-order valence-electron chi connectivity index (χ3n) is 4.65. The first kappa shape index (κ1) is 17.8. The van der Waals surface area contributed by atoms with Gasteiger partial charge in [0, 0.05) is 32.9 Å². The number of ether oxygens (including phenoxy) is 1. The summed E-state index contributed by atoms with van der Waals surface area (Å²) >= 11 is 0. The van der Waals surface area contributed by atoms with Gasteiger partial charge in [0.25, 0.3) is 0 Å². The molecule has 2 fully saturated rings. The van der Waals surface area contributed by atoms with Gasteiger partial charge < -0.3 is 4.74 Å². The summed E-state index contributed by atoms with van der Waals surface area (Å²) in [6.45, 7) is 2.13. The molecule has 134 valence electrons. The summed E-state index contributed by atoms with van der Waals surface area (Å²) in [6.07, 6.45) is 1.06. The van der Waals surface area contributed by atoms with E-state index in [1.54, 1.807) is 31.3 Å². The fraction of sp³-hybridized carbons (Fsp3) is 0.600. The molecular formula is C15H22N2O5S2. The minimum absolute atomic E-state index is 0.0312. The summed E-state index contributed by atoms with van der Waals surface area (Å²) in [5, 5.41) is 0. The number of sulfonamides is 1. The molecule has 2 atom stereocenters. The minimum atomic E-state index is -3.26. The normalized spacial score (nSPS) is 28.4. The molecule has 0 spiro atoms. The summed E-state index contributed by atoms with van der Waals surface area (Å²) in [4.78, 5) is 2.44. The first-order valence-corrected chi connectivity index (χ1v) is 11.3. The van der Waals surface area contributed by atoms with Gasteiger partial charge in [-0.05, 0) is 17.7 Å². The van der Waals surface area contributed by atoms with Gasteiger partial charge in [-0.3, -0.25) is 4.90 Å². The lowest BCUT2D eigenvalue weighted by molar-refractivity contribution is 0.0500. The lowest BCUT2D eigenvalue weighted by Gasteiger charge is -2.24. The largest absolute Gasteiger partial charge is 0.374 e. The molecule has 9 heteroatoms. The van der Waals surface area contributed by atoms with Gasteiger partial charge in [0.05, 0.1) is 29.4 Å². The van der Waals surface area contributed by atoms with Crippen molar-refractivity contribution in [3.8, 4) is 0 Å². The van der Waals surface area contributed by atoms with Crippen LogP contribution in [0.15, 0.2) is 29.2 Å². The number of hydrogen-bond donors (Lipinski definition) is 0. The summed E-state index contributed by atoms with van der Waals surface area (Å²) in [5.41, 5.74) is 0.990. The molecule has 7 nitrogen and oxygen atoms in total. The van der Waals surface area contributed by atoms with E-state index in [0.29, 0.717) is 24.5 Å². The van der Waals surface area contributed by atoms with Gasteiger partial charge in [-0.1, -0.05) is 12.1 Å². The number of hydrogen-bond acceptors (Lipinski definition) is 6. The molecular weight excluding hydrogens is 352 g/mol. The summed E-state index contributed by atoms with van der Waals surface area (Å²) in [6, 6.07) is 6.63. The number of benzene rings is 1. The minimum Gasteiger partial charge on any atom is -0.374 e. The van der Waals surface area contributed by atoms with E-state index in [4.69, 9.17) is 4.74 Å². The maximum absolute atomic E-state index is 12.1. The smallest absolute Gasteiger partial charge is 0.216 e. The molecule has 1 aromatic rings. The van der Waals surface area contributed by atoms with E-state index < -0.39 is 19.9 Å². The molecule has 2 heterocycles. The van der Waals surface area contributed by atoms with Crippen molar-refractivity contribution in [2.45, 2.75) is 23.6 Å². The highest BCUT2D eigenvalue weighted by molar-refractivity contribution is 7.90. The molecule has 0 amide bonds. The third kappa shape index (κ3) is 3.65. The third-order valence-corrected chi connectivity index (χ3v) is 7.61. The second kappa shape index (κ2) is 6.38. The summed E-state index contributed by atoms with van der Waals surface area (Å²) in [5.74, 6) is 0.0312. The maximum Gasteiger partial charge on any atom is 0.216 e. The van der Waals surface area contributed by atoms with Crippen LogP contribution in [0.25, 0.3) is 0 Å². The van der Waals surface area contributed by atoms with Gasteiger partial charge in [0.15, 0.2) is 9.84 Å². The molecule has 2 aliphatic heterocycles. The topological polar surface area (TPSA) is 84.0 Å². The van der Waals surface area contributed by atoms with Crippen LogP contribution in [0, 0.1) is 0 Å². The zero-order valence-corrected chi connectivity index (χ0v) is 15.4. The van der Waals surface area contributed by atoms with Gasteiger partial charge in [-0.2, -0.15) is 4.31 Å². The Morgan fingerprint density at radius 2 is 1.88 bits per heavy atom. The molecule has 0 aromatic heterocycles. The predicted octanol–water partition coefficient (Wildman–Crippen LogP) is -0.0653. The van der Waals surface area contributed by atoms with Crippen LogP contribution >= 0.6 is 0 Å². The number of rotatable bonds is 3. The molecule has 2 aliphatic rings. The number of nitrogens with zero attached hydrogens (tertiary/aromatic N) is 2. The van der Waals surface area contributed by atoms with E-state index in [1.807, 2.05) is 0 Å². The van der Waals surface area contributed by atoms with Crippen LogP contribution in [0.1, 0.15) is 5.56 Å².